The molecule has 1 rings (SSSR count). The van der Waals surface area contributed by atoms with Gasteiger partial charge < -0.3 is 22.3 Å². The fourth-order valence-corrected chi connectivity index (χ4v) is 1.73. The largest absolute Gasteiger partial charge is 1.00 e. The van der Waals surface area contributed by atoms with E-state index in [4.69, 9.17) is 9.84 Å². The SMILES string of the molecule is CCOC(=O)CN1CCC(C(=O)O)CC1.[Cl-].[H+]. The van der Waals surface area contributed by atoms with E-state index in [0.717, 1.165) is 0 Å². The van der Waals surface area contributed by atoms with Gasteiger partial charge >= 0.3 is 13.4 Å². The second kappa shape index (κ2) is 7.46. The van der Waals surface area contributed by atoms with E-state index >= 15 is 0 Å². The minimum atomic E-state index is -0.731. The fraction of sp³-hybridized carbons (Fsp3) is 0.800. The lowest BCUT2D eigenvalue weighted by molar-refractivity contribution is -0.145. The topological polar surface area (TPSA) is 66.8 Å². The van der Waals surface area contributed by atoms with Gasteiger partial charge in [-0.25, -0.2) is 0 Å². The average Bonchev–Trinajstić information content (AvgIpc) is 2.18. The van der Waals surface area contributed by atoms with Gasteiger partial charge in [-0.3, -0.25) is 14.5 Å². The van der Waals surface area contributed by atoms with E-state index in [0.29, 0.717) is 32.5 Å². The molecule has 0 amide bonds. The van der Waals surface area contributed by atoms with E-state index in [-0.39, 0.29) is 32.3 Å². The van der Waals surface area contributed by atoms with Gasteiger partial charge in [0.15, 0.2) is 0 Å². The Labute approximate surface area is 103 Å². The Morgan fingerprint density at radius 2 is 2.00 bits per heavy atom. The molecule has 0 saturated carbocycles. The summed E-state index contributed by atoms with van der Waals surface area (Å²) in [5.41, 5.74) is 0. The van der Waals surface area contributed by atoms with Crippen molar-refractivity contribution in [2.45, 2.75) is 19.8 Å². The second-order valence-electron chi connectivity index (χ2n) is 3.69. The summed E-state index contributed by atoms with van der Waals surface area (Å²) < 4.78 is 4.82. The molecular formula is C10H18ClNO4. The zero-order valence-electron chi connectivity index (χ0n) is 10.3. The highest BCUT2D eigenvalue weighted by molar-refractivity contribution is 5.72. The molecular weight excluding hydrogens is 234 g/mol. The highest BCUT2D eigenvalue weighted by atomic mass is 35.5. The first-order chi connectivity index (χ1) is 7.13. The molecule has 1 aliphatic heterocycles. The molecule has 0 bridgehead atoms. The van der Waals surface area contributed by atoms with Crippen molar-refractivity contribution in [3.05, 3.63) is 0 Å². The normalized spacial score (nSPS) is 17.6. The molecule has 1 heterocycles. The molecule has 0 unspecified atom stereocenters. The number of ether oxygens (including phenoxy) is 1. The maximum atomic E-state index is 11.1. The van der Waals surface area contributed by atoms with Crippen LogP contribution in [0.1, 0.15) is 21.2 Å². The van der Waals surface area contributed by atoms with Crippen molar-refractivity contribution >= 4 is 11.9 Å². The number of aliphatic carboxylic acids is 1. The Morgan fingerprint density at radius 3 is 2.44 bits per heavy atom. The molecule has 0 aromatic rings. The molecule has 1 N–H and O–H groups in total. The fourth-order valence-electron chi connectivity index (χ4n) is 1.73. The number of nitrogens with zero attached hydrogens (tertiary/aromatic N) is 1. The zero-order valence-corrected chi connectivity index (χ0v) is 10.1. The Hall–Kier alpha value is -0.810. The van der Waals surface area contributed by atoms with Crippen LogP contribution < -0.4 is 12.4 Å². The number of halogens is 1. The first kappa shape index (κ1) is 15.2. The van der Waals surface area contributed by atoms with Crippen molar-refractivity contribution in [2.24, 2.45) is 5.92 Å². The molecule has 16 heavy (non-hydrogen) atoms. The number of likely N-dealkylation sites (tertiary alicyclic amines) is 1. The second-order valence-corrected chi connectivity index (χ2v) is 3.69. The lowest BCUT2D eigenvalue weighted by Gasteiger charge is -2.28. The highest BCUT2D eigenvalue weighted by Crippen LogP contribution is 2.16. The molecule has 0 spiro atoms. The van der Waals surface area contributed by atoms with Crippen LogP contribution in [0.25, 0.3) is 0 Å². The molecule has 0 radical (unpaired) electrons. The minimum absolute atomic E-state index is 0. The van der Waals surface area contributed by atoms with E-state index < -0.39 is 5.97 Å². The van der Waals surface area contributed by atoms with Crippen molar-refractivity contribution in [1.82, 2.24) is 4.90 Å². The predicted molar refractivity (Wildman–Crippen MR) is 54.5 cm³/mol. The number of carboxylic acids is 1. The Bertz CT molecular complexity index is 244. The number of hydrogen-bond acceptors (Lipinski definition) is 4. The summed E-state index contributed by atoms with van der Waals surface area (Å²) in [5, 5.41) is 8.78. The van der Waals surface area contributed by atoms with Crippen molar-refractivity contribution in [3.63, 3.8) is 0 Å². The smallest absolute Gasteiger partial charge is 1.00 e. The van der Waals surface area contributed by atoms with Crippen molar-refractivity contribution in [2.75, 3.05) is 26.2 Å². The number of carbonyl (C=O) groups is 2. The number of hydrogen-bond donors (Lipinski definition) is 1. The van der Waals surface area contributed by atoms with Gasteiger partial charge in [0.1, 0.15) is 0 Å². The third kappa shape index (κ3) is 4.81. The van der Waals surface area contributed by atoms with Crippen LogP contribution in [-0.4, -0.2) is 48.2 Å². The van der Waals surface area contributed by atoms with Gasteiger partial charge in [-0.1, -0.05) is 0 Å². The average molecular weight is 252 g/mol. The highest BCUT2D eigenvalue weighted by Gasteiger charge is 2.25. The van der Waals surface area contributed by atoms with Gasteiger partial charge in [0.25, 0.3) is 0 Å². The number of esters is 1. The summed E-state index contributed by atoms with van der Waals surface area (Å²) in [6.45, 7) is 3.77. The van der Waals surface area contributed by atoms with Crippen LogP contribution in [0, 0.1) is 5.92 Å². The van der Waals surface area contributed by atoms with Crippen LogP contribution in [0.3, 0.4) is 0 Å². The lowest BCUT2D eigenvalue weighted by Crippen LogP contribution is -3.00. The van der Waals surface area contributed by atoms with Crippen molar-refractivity contribution < 1.29 is 33.3 Å². The summed E-state index contributed by atoms with van der Waals surface area (Å²) >= 11 is 0. The first-order valence-corrected chi connectivity index (χ1v) is 5.24. The summed E-state index contributed by atoms with van der Waals surface area (Å²) in [7, 11) is 0. The summed E-state index contributed by atoms with van der Waals surface area (Å²) in [5.74, 6) is -1.21. The molecule has 0 aromatic carbocycles. The molecule has 1 saturated heterocycles. The summed E-state index contributed by atoms with van der Waals surface area (Å²) in [6.07, 6.45) is 1.24. The summed E-state index contributed by atoms with van der Waals surface area (Å²) in [4.78, 5) is 23.8. The maximum absolute atomic E-state index is 11.1. The third-order valence-electron chi connectivity index (χ3n) is 2.59. The molecule has 94 valence electrons. The zero-order chi connectivity index (χ0) is 11.3. The van der Waals surface area contributed by atoms with E-state index in [1.54, 1.807) is 6.92 Å². The Balaban J connectivity index is 0. The van der Waals surface area contributed by atoms with Gasteiger partial charge in [0.2, 0.25) is 0 Å². The van der Waals surface area contributed by atoms with Crippen LogP contribution in [-0.2, 0) is 14.3 Å². The molecule has 0 aromatic heterocycles. The quantitative estimate of drug-likeness (QED) is 0.558. The number of carboxylic acid groups (broad SMARTS) is 1. The molecule has 6 heteroatoms. The molecule has 5 nitrogen and oxygen atoms in total. The third-order valence-corrected chi connectivity index (χ3v) is 2.59. The number of carbonyl (C=O) groups excluding carboxylic acids is 1. The standard InChI is InChI=1S/C10H17NO4.ClH/c1-2-15-9(12)7-11-5-3-8(4-6-11)10(13)14;/h8H,2-7H2,1H3,(H,13,14);1H. The van der Waals surface area contributed by atoms with Crippen LogP contribution in [0.2, 0.25) is 0 Å². The van der Waals surface area contributed by atoms with Gasteiger partial charge in [-0.15, -0.1) is 0 Å². The first-order valence-electron chi connectivity index (χ1n) is 5.24. The minimum Gasteiger partial charge on any atom is -1.00 e. The van der Waals surface area contributed by atoms with E-state index in [1.165, 1.54) is 0 Å². The Morgan fingerprint density at radius 1 is 1.44 bits per heavy atom. The molecule has 1 aliphatic rings. The van der Waals surface area contributed by atoms with Gasteiger partial charge in [-0.2, -0.15) is 0 Å². The Kier molecular flexibility index (Phi) is 7.08. The van der Waals surface area contributed by atoms with Crippen molar-refractivity contribution in [1.29, 1.82) is 0 Å². The lowest BCUT2D eigenvalue weighted by atomic mass is 9.97. The number of rotatable bonds is 4. The predicted octanol–water partition coefficient (Wildman–Crippen LogP) is -2.54. The van der Waals surface area contributed by atoms with E-state index in [2.05, 4.69) is 0 Å². The van der Waals surface area contributed by atoms with E-state index in [9.17, 15) is 9.59 Å². The van der Waals surface area contributed by atoms with Gasteiger partial charge in [0, 0.05) is 0 Å². The van der Waals surface area contributed by atoms with Gasteiger partial charge in [0.05, 0.1) is 19.1 Å². The van der Waals surface area contributed by atoms with Crippen molar-refractivity contribution in [3.8, 4) is 0 Å². The van der Waals surface area contributed by atoms with E-state index in [1.807, 2.05) is 4.90 Å². The van der Waals surface area contributed by atoms with Crippen LogP contribution in [0.15, 0.2) is 0 Å². The van der Waals surface area contributed by atoms with Crippen LogP contribution in [0.4, 0.5) is 0 Å². The van der Waals surface area contributed by atoms with Gasteiger partial charge in [-0.05, 0) is 32.9 Å². The monoisotopic (exact) mass is 251 g/mol. The number of piperidine rings is 1. The molecule has 0 aliphatic carbocycles. The maximum Gasteiger partial charge on any atom is 1.00 e. The van der Waals surface area contributed by atoms with Crippen LogP contribution in [0.5, 0.6) is 0 Å². The van der Waals surface area contributed by atoms with Crippen LogP contribution >= 0.6 is 0 Å². The molecule has 1 fully saturated rings. The molecule has 0 atom stereocenters. The summed E-state index contributed by atoms with van der Waals surface area (Å²) in [6, 6.07) is 0.